The number of nitrogens with two attached hydrogens (primary N) is 1. The topological polar surface area (TPSA) is 73.1 Å². The van der Waals surface area contributed by atoms with Crippen LogP contribution < -0.4 is 5.73 Å². The van der Waals surface area contributed by atoms with Gasteiger partial charge in [0.2, 0.25) is 0 Å². The predicted molar refractivity (Wildman–Crippen MR) is 52.6 cm³/mol. The van der Waals surface area contributed by atoms with Crippen molar-refractivity contribution in [2.45, 2.75) is 5.03 Å². The van der Waals surface area contributed by atoms with Crippen LogP contribution in [-0.2, 0) is 9.84 Å². The van der Waals surface area contributed by atoms with Gasteiger partial charge in [-0.3, -0.25) is 0 Å². The third kappa shape index (κ3) is 3.30. The highest BCUT2D eigenvalue weighted by Gasteiger charge is 2.13. The number of nitrogens with zero attached hydrogens (tertiary/aromatic N) is 1. The fraction of sp³-hybridized carbons (Fsp3) is 0.286. The maximum absolute atomic E-state index is 11.3. The molecule has 4 nitrogen and oxygen atoms in total. The van der Waals surface area contributed by atoms with E-state index in [0.717, 1.165) is 0 Å². The van der Waals surface area contributed by atoms with Crippen molar-refractivity contribution in [2.24, 2.45) is 5.73 Å². The van der Waals surface area contributed by atoms with Crippen molar-refractivity contribution >= 4 is 22.2 Å². The van der Waals surface area contributed by atoms with Crippen LogP contribution in [0.1, 0.15) is 0 Å². The van der Waals surface area contributed by atoms with Gasteiger partial charge in [0, 0.05) is 12.7 Å². The molecule has 1 heterocycles. The molecule has 0 saturated heterocycles. The van der Waals surface area contributed by atoms with E-state index in [-0.39, 0.29) is 29.7 Å². The van der Waals surface area contributed by atoms with Crippen molar-refractivity contribution in [2.75, 3.05) is 12.3 Å². The summed E-state index contributed by atoms with van der Waals surface area (Å²) in [5, 5.41) is 0.0930. The highest BCUT2D eigenvalue weighted by atomic mass is 35.5. The van der Waals surface area contributed by atoms with Gasteiger partial charge in [-0.2, -0.15) is 0 Å². The van der Waals surface area contributed by atoms with Gasteiger partial charge >= 0.3 is 0 Å². The quantitative estimate of drug-likeness (QED) is 0.795. The average Bonchev–Trinajstić information content (AvgIpc) is 2.06. The smallest absolute Gasteiger partial charge is 0.196 e. The Bertz CT molecular complexity index is 339. The Morgan fingerprint density at radius 3 is 2.54 bits per heavy atom. The SMILES string of the molecule is Cl.NCCS(=O)(=O)c1ccccn1. The molecule has 74 valence electrons. The van der Waals surface area contributed by atoms with E-state index in [1.54, 1.807) is 12.1 Å². The molecule has 0 atom stereocenters. The highest BCUT2D eigenvalue weighted by Crippen LogP contribution is 2.04. The second-order valence-electron chi connectivity index (χ2n) is 2.28. The van der Waals surface area contributed by atoms with Crippen LogP contribution in [0, 0.1) is 0 Å². The van der Waals surface area contributed by atoms with E-state index in [2.05, 4.69) is 4.98 Å². The molecule has 0 saturated carbocycles. The fourth-order valence-corrected chi connectivity index (χ4v) is 1.82. The molecule has 0 aromatic carbocycles. The van der Waals surface area contributed by atoms with Crippen molar-refractivity contribution in [3.05, 3.63) is 24.4 Å². The predicted octanol–water partition coefficient (Wildman–Crippen LogP) is 0.236. The summed E-state index contributed by atoms with van der Waals surface area (Å²) in [6, 6.07) is 4.77. The summed E-state index contributed by atoms with van der Waals surface area (Å²) >= 11 is 0. The van der Waals surface area contributed by atoms with Crippen molar-refractivity contribution < 1.29 is 8.42 Å². The summed E-state index contributed by atoms with van der Waals surface area (Å²) in [6.07, 6.45) is 1.45. The lowest BCUT2D eigenvalue weighted by Gasteiger charge is -1.99. The lowest BCUT2D eigenvalue weighted by atomic mass is 10.5. The minimum absolute atomic E-state index is 0. The molecule has 6 heteroatoms. The molecule has 2 N–H and O–H groups in total. The maximum Gasteiger partial charge on any atom is 0.196 e. The van der Waals surface area contributed by atoms with Crippen molar-refractivity contribution in [3.8, 4) is 0 Å². The van der Waals surface area contributed by atoms with Crippen LogP contribution in [0.2, 0.25) is 0 Å². The van der Waals surface area contributed by atoms with Gasteiger partial charge in [0.25, 0.3) is 0 Å². The summed E-state index contributed by atoms with van der Waals surface area (Å²) < 4.78 is 22.6. The molecule has 13 heavy (non-hydrogen) atoms. The van der Waals surface area contributed by atoms with Crippen LogP contribution in [0.4, 0.5) is 0 Å². The van der Waals surface area contributed by atoms with E-state index in [0.29, 0.717) is 0 Å². The molecule has 0 aliphatic carbocycles. The van der Waals surface area contributed by atoms with Gasteiger partial charge in [-0.15, -0.1) is 12.4 Å². The minimum atomic E-state index is -3.25. The molecule has 1 rings (SSSR count). The van der Waals surface area contributed by atoms with Gasteiger partial charge in [-0.25, -0.2) is 13.4 Å². The molecular weight excluding hydrogens is 212 g/mol. The van der Waals surface area contributed by atoms with E-state index in [1.165, 1.54) is 12.3 Å². The Balaban J connectivity index is 0.00000144. The van der Waals surface area contributed by atoms with E-state index < -0.39 is 9.84 Å². The van der Waals surface area contributed by atoms with Crippen LogP contribution in [0.25, 0.3) is 0 Å². The van der Waals surface area contributed by atoms with E-state index in [1.807, 2.05) is 0 Å². The van der Waals surface area contributed by atoms with Crippen molar-refractivity contribution in [3.63, 3.8) is 0 Å². The number of halogens is 1. The van der Waals surface area contributed by atoms with Crippen LogP contribution >= 0.6 is 12.4 Å². The molecule has 0 spiro atoms. The van der Waals surface area contributed by atoms with Crippen LogP contribution in [-0.4, -0.2) is 25.7 Å². The van der Waals surface area contributed by atoms with Gasteiger partial charge < -0.3 is 5.73 Å². The number of rotatable bonds is 3. The van der Waals surface area contributed by atoms with Crippen LogP contribution in [0.15, 0.2) is 29.4 Å². The molecular formula is C7H11ClN2O2S. The van der Waals surface area contributed by atoms with Gasteiger partial charge in [-0.05, 0) is 12.1 Å². The standard InChI is InChI=1S/C7H10N2O2S.ClH/c8-4-6-12(10,11)7-3-1-2-5-9-7;/h1-3,5H,4,6,8H2;1H. The monoisotopic (exact) mass is 222 g/mol. The maximum atomic E-state index is 11.3. The second-order valence-corrected chi connectivity index (χ2v) is 4.33. The number of hydrogen-bond donors (Lipinski definition) is 1. The van der Waals surface area contributed by atoms with Crippen LogP contribution in [0.5, 0.6) is 0 Å². The Hall–Kier alpha value is -0.650. The van der Waals surface area contributed by atoms with Crippen molar-refractivity contribution in [1.29, 1.82) is 0 Å². The Kier molecular flexibility index (Phi) is 4.90. The van der Waals surface area contributed by atoms with Gasteiger partial charge in [0.1, 0.15) is 0 Å². The largest absolute Gasteiger partial charge is 0.329 e. The number of aromatic nitrogens is 1. The first-order valence-electron chi connectivity index (χ1n) is 3.50. The number of sulfone groups is 1. The molecule has 1 aromatic rings. The Morgan fingerprint density at radius 1 is 1.38 bits per heavy atom. The summed E-state index contributed by atoms with van der Waals surface area (Å²) in [5.41, 5.74) is 5.15. The number of hydrogen-bond acceptors (Lipinski definition) is 4. The summed E-state index contributed by atoms with van der Waals surface area (Å²) in [4.78, 5) is 3.73. The second kappa shape index (κ2) is 5.16. The van der Waals surface area contributed by atoms with E-state index in [9.17, 15) is 8.42 Å². The third-order valence-electron chi connectivity index (χ3n) is 1.34. The average molecular weight is 223 g/mol. The highest BCUT2D eigenvalue weighted by molar-refractivity contribution is 7.91. The third-order valence-corrected chi connectivity index (χ3v) is 2.99. The first kappa shape index (κ1) is 12.3. The van der Waals surface area contributed by atoms with Crippen LogP contribution in [0.3, 0.4) is 0 Å². The lowest BCUT2D eigenvalue weighted by molar-refractivity contribution is 0.592. The molecule has 0 radical (unpaired) electrons. The fourth-order valence-electron chi connectivity index (χ4n) is 0.791. The molecule has 1 aromatic heterocycles. The zero-order valence-corrected chi connectivity index (χ0v) is 8.51. The van der Waals surface area contributed by atoms with Gasteiger partial charge in [0.05, 0.1) is 5.75 Å². The summed E-state index contributed by atoms with van der Waals surface area (Å²) in [6.45, 7) is 0.124. The molecule has 0 bridgehead atoms. The number of pyridine rings is 1. The van der Waals surface area contributed by atoms with Gasteiger partial charge in [0.15, 0.2) is 14.9 Å². The zero-order chi connectivity index (χ0) is 9.03. The lowest BCUT2D eigenvalue weighted by Crippen LogP contribution is -2.16. The van der Waals surface area contributed by atoms with Gasteiger partial charge in [-0.1, -0.05) is 6.07 Å². The molecule has 0 amide bonds. The molecule has 0 fully saturated rings. The first-order valence-corrected chi connectivity index (χ1v) is 5.16. The van der Waals surface area contributed by atoms with E-state index in [4.69, 9.17) is 5.73 Å². The molecule has 0 aliphatic heterocycles. The normalized spacial score (nSPS) is 10.5. The Labute approximate surface area is 83.5 Å². The Morgan fingerprint density at radius 2 is 2.08 bits per heavy atom. The zero-order valence-electron chi connectivity index (χ0n) is 6.88. The molecule has 0 unspecified atom stereocenters. The molecule has 0 aliphatic rings. The van der Waals surface area contributed by atoms with Crippen molar-refractivity contribution in [1.82, 2.24) is 4.98 Å². The summed E-state index contributed by atoms with van der Waals surface area (Å²) in [7, 11) is -3.25. The minimum Gasteiger partial charge on any atom is -0.329 e. The first-order chi connectivity index (χ1) is 5.67. The van der Waals surface area contributed by atoms with E-state index >= 15 is 0 Å². The summed E-state index contributed by atoms with van der Waals surface area (Å²) in [5.74, 6) is -0.0516.